The summed E-state index contributed by atoms with van der Waals surface area (Å²) in [6.07, 6.45) is 3.74. The minimum Gasteiger partial charge on any atom is -0.444 e. The fraction of sp³-hybridized carbons (Fsp3) is 0.733. The van der Waals surface area contributed by atoms with Gasteiger partial charge in [0.2, 0.25) is 0 Å². The monoisotopic (exact) mass is 311 g/mol. The number of carbonyl (C=O) groups excluding carboxylic acids is 1. The molecule has 1 aliphatic heterocycles. The number of ether oxygens (including phenoxy) is 1. The topological polar surface area (TPSA) is 54.5 Å². The summed E-state index contributed by atoms with van der Waals surface area (Å²) in [5.74, 6) is 0.426. The van der Waals surface area contributed by atoms with Crippen molar-refractivity contribution in [1.82, 2.24) is 9.88 Å². The Morgan fingerprint density at radius 3 is 2.95 bits per heavy atom. The Hall–Kier alpha value is -1.30. The first-order valence-corrected chi connectivity index (χ1v) is 8.37. The molecule has 6 heteroatoms. The van der Waals surface area contributed by atoms with E-state index in [1.165, 1.54) is 0 Å². The average molecular weight is 311 g/mol. The van der Waals surface area contributed by atoms with E-state index in [1.54, 1.807) is 17.5 Å². The maximum atomic E-state index is 12.2. The molecule has 2 rings (SSSR count). The number of nitrogens with one attached hydrogen (secondary N) is 1. The highest BCUT2D eigenvalue weighted by atomic mass is 32.1. The average Bonchev–Trinajstić information content (AvgIpc) is 2.90. The first kappa shape index (κ1) is 16.1. The second kappa shape index (κ2) is 6.64. The fourth-order valence-electron chi connectivity index (χ4n) is 2.52. The molecule has 1 N–H and O–H groups in total. The Kier molecular flexibility index (Phi) is 5.08. The van der Waals surface area contributed by atoms with Crippen LogP contribution in [-0.2, 0) is 4.74 Å². The van der Waals surface area contributed by atoms with Crippen molar-refractivity contribution >= 4 is 22.6 Å². The molecule has 1 aromatic heterocycles. The Morgan fingerprint density at radius 1 is 1.57 bits per heavy atom. The van der Waals surface area contributed by atoms with Crippen LogP contribution in [0.15, 0.2) is 11.6 Å². The van der Waals surface area contributed by atoms with Gasteiger partial charge in [-0.15, -0.1) is 11.3 Å². The van der Waals surface area contributed by atoms with Crippen LogP contribution in [-0.4, -0.2) is 40.7 Å². The molecular formula is C15H25N3O2S. The lowest BCUT2D eigenvalue weighted by Crippen LogP contribution is -2.46. The third-order valence-electron chi connectivity index (χ3n) is 3.60. The predicted molar refractivity (Wildman–Crippen MR) is 85.7 cm³/mol. The van der Waals surface area contributed by atoms with Crippen LogP contribution in [0.2, 0.25) is 0 Å². The van der Waals surface area contributed by atoms with E-state index in [2.05, 4.69) is 17.2 Å². The number of carbonyl (C=O) groups is 1. The number of likely N-dealkylation sites (tertiary alicyclic amines) is 1. The zero-order chi connectivity index (χ0) is 15.5. The zero-order valence-electron chi connectivity index (χ0n) is 13.3. The first-order chi connectivity index (χ1) is 9.85. The van der Waals surface area contributed by atoms with Gasteiger partial charge in [0.15, 0.2) is 5.13 Å². The quantitative estimate of drug-likeness (QED) is 0.927. The molecule has 1 fully saturated rings. The summed E-state index contributed by atoms with van der Waals surface area (Å²) < 4.78 is 5.47. The largest absolute Gasteiger partial charge is 0.444 e. The van der Waals surface area contributed by atoms with E-state index >= 15 is 0 Å². The van der Waals surface area contributed by atoms with E-state index < -0.39 is 5.60 Å². The van der Waals surface area contributed by atoms with Crippen molar-refractivity contribution in [1.29, 1.82) is 0 Å². The third kappa shape index (κ3) is 4.88. The Labute approximate surface area is 130 Å². The highest BCUT2D eigenvalue weighted by Gasteiger charge is 2.30. The van der Waals surface area contributed by atoms with Gasteiger partial charge in [0, 0.05) is 30.7 Å². The molecule has 1 aliphatic rings. The molecule has 0 aromatic carbocycles. The number of amides is 1. The molecule has 0 spiro atoms. The molecule has 0 aliphatic carbocycles. The molecule has 0 radical (unpaired) electrons. The normalized spacial score (nSPS) is 21.0. The smallest absolute Gasteiger partial charge is 0.410 e. The van der Waals surface area contributed by atoms with Crippen LogP contribution in [0.3, 0.4) is 0 Å². The van der Waals surface area contributed by atoms with Crippen LogP contribution < -0.4 is 5.32 Å². The van der Waals surface area contributed by atoms with E-state index in [0.717, 1.165) is 31.1 Å². The molecule has 5 nitrogen and oxygen atoms in total. The number of nitrogens with zero attached hydrogens (tertiary/aromatic N) is 2. The molecule has 0 bridgehead atoms. The molecule has 21 heavy (non-hydrogen) atoms. The minimum atomic E-state index is -0.436. The molecule has 118 valence electrons. The van der Waals surface area contributed by atoms with Gasteiger partial charge in [0.05, 0.1) is 0 Å². The number of piperidine rings is 1. The van der Waals surface area contributed by atoms with Gasteiger partial charge in [-0.1, -0.05) is 0 Å². The maximum absolute atomic E-state index is 12.2. The summed E-state index contributed by atoms with van der Waals surface area (Å²) in [6, 6.07) is 0.293. The van der Waals surface area contributed by atoms with Gasteiger partial charge in [-0.3, -0.25) is 0 Å². The summed E-state index contributed by atoms with van der Waals surface area (Å²) in [7, 11) is 0. The van der Waals surface area contributed by atoms with E-state index in [0.29, 0.717) is 12.0 Å². The number of thiazole rings is 1. The first-order valence-electron chi connectivity index (χ1n) is 7.49. The number of rotatable bonds is 3. The molecule has 2 unspecified atom stereocenters. The van der Waals surface area contributed by atoms with Crippen LogP contribution in [0.25, 0.3) is 0 Å². The summed E-state index contributed by atoms with van der Waals surface area (Å²) in [5, 5.41) is 6.33. The predicted octanol–water partition coefficient (Wildman–Crippen LogP) is 3.59. The van der Waals surface area contributed by atoms with Crippen molar-refractivity contribution in [2.75, 3.05) is 18.4 Å². The van der Waals surface area contributed by atoms with Crippen molar-refractivity contribution in [2.24, 2.45) is 5.92 Å². The van der Waals surface area contributed by atoms with Gasteiger partial charge in [0.1, 0.15) is 5.60 Å². The molecule has 1 saturated heterocycles. The Morgan fingerprint density at radius 2 is 2.33 bits per heavy atom. The van der Waals surface area contributed by atoms with E-state index in [9.17, 15) is 4.79 Å². The molecule has 1 amide bonds. The van der Waals surface area contributed by atoms with E-state index in [1.807, 2.05) is 31.1 Å². The third-order valence-corrected chi connectivity index (χ3v) is 4.30. The highest BCUT2D eigenvalue weighted by Crippen LogP contribution is 2.24. The van der Waals surface area contributed by atoms with Gasteiger partial charge < -0.3 is 15.0 Å². The van der Waals surface area contributed by atoms with Gasteiger partial charge in [-0.25, -0.2) is 9.78 Å². The summed E-state index contributed by atoms with van der Waals surface area (Å²) in [5.41, 5.74) is -0.436. The van der Waals surface area contributed by atoms with Crippen LogP contribution in [0.1, 0.15) is 40.5 Å². The van der Waals surface area contributed by atoms with Gasteiger partial charge in [0.25, 0.3) is 0 Å². The van der Waals surface area contributed by atoms with Gasteiger partial charge in [-0.05, 0) is 46.5 Å². The lowest BCUT2D eigenvalue weighted by atomic mass is 9.92. The molecule has 1 aromatic rings. The molecule has 2 atom stereocenters. The molecule has 0 saturated carbocycles. The number of anilines is 1. The highest BCUT2D eigenvalue weighted by molar-refractivity contribution is 7.13. The number of hydrogen-bond donors (Lipinski definition) is 1. The van der Waals surface area contributed by atoms with Crippen molar-refractivity contribution in [3.05, 3.63) is 11.6 Å². The van der Waals surface area contributed by atoms with Crippen LogP contribution in [0.4, 0.5) is 9.93 Å². The van der Waals surface area contributed by atoms with Crippen molar-refractivity contribution in [3.8, 4) is 0 Å². The minimum absolute atomic E-state index is 0.200. The zero-order valence-corrected chi connectivity index (χ0v) is 14.1. The summed E-state index contributed by atoms with van der Waals surface area (Å²) in [6.45, 7) is 9.39. The van der Waals surface area contributed by atoms with Crippen molar-refractivity contribution in [2.45, 2.75) is 52.2 Å². The lowest BCUT2D eigenvalue weighted by Gasteiger charge is -2.36. The van der Waals surface area contributed by atoms with E-state index in [-0.39, 0.29) is 6.09 Å². The van der Waals surface area contributed by atoms with Gasteiger partial charge in [-0.2, -0.15) is 0 Å². The van der Waals surface area contributed by atoms with Crippen molar-refractivity contribution in [3.63, 3.8) is 0 Å². The summed E-state index contributed by atoms with van der Waals surface area (Å²) >= 11 is 1.60. The SMILES string of the molecule is CC(Nc1nccs1)C1CCCN(C(=O)OC(C)(C)C)C1. The number of hydrogen-bond acceptors (Lipinski definition) is 5. The fourth-order valence-corrected chi connectivity index (χ4v) is 3.14. The lowest BCUT2D eigenvalue weighted by molar-refractivity contribution is 0.0159. The second-order valence-corrected chi connectivity index (χ2v) is 7.49. The van der Waals surface area contributed by atoms with E-state index in [4.69, 9.17) is 4.74 Å². The van der Waals surface area contributed by atoms with Crippen LogP contribution in [0.5, 0.6) is 0 Å². The molecule has 2 heterocycles. The van der Waals surface area contributed by atoms with Crippen molar-refractivity contribution < 1.29 is 9.53 Å². The van der Waals surface area contributed by atoms with Crippen LogP contribution in [0, 0.1) is 5.92 Å². The second-order valence-electron chi connectivity index (χ2n) is 6.60. The maximum Gasteiger partial charge on any atom is 0.410 e. The Bertz CT molecular complexity index is 456. The van der Waals surface area contributed by atoms with Crippen LogP contribution >= 0.6 is 11.3 Å². The number of aromatic nitrogens is 1. The molecular weight excluding hydrogens is 286 g/mol. The summed E-state index contributed by atoms with van der Waals surface area (Å²) in [4.78, 5) is 18.3. The standard InChI is InChI=1S/C15H25N3O2S/c1-11(17-13-16-7-9-21-13)12-6-5-8-18(10-12)14(19)20-15(2,3)4/h7,9,11-12H,5-6,8,10H2,1-4H3,(H,16,17). The Balaban J connectivity index is 1.89. The van der Waals surface area contributed by atoms with Gasteiger partial charge >= 0.3 is 6.09 Å².